The maximum atomic E-state index is 13.1. The predicted molar refractivity (Wildman–Crippen MR) is 109 cm³/mol. The van der Waals surface area contributed by atoms with E-state index in [-0.39, 0.29) is 17.3 Å². The van der Waals surface area contributed by atoms with Crippen molar-refractivity contribution in [3.8, 4) is 11.5 Å². The normalized spacial score (nSPS) is 14.4. The molecule has 8 heteroatoms. The summed E-state index contributed by atoms with van der Waals surface area (Å²) in [5.41, 5.74) is 1.17. The summed E-state index contributed by atoms with van der Waals surface area (Å²) in [6.07, 6.45) is 1.52. The first-order chi connectivity index (χ1) is 14.5. The van der Waals surface area contributed by atoms with Gasteiger partial charge in [-0.05, 0) is 59.5 Å². The molecule has 0 aliphatic carbocycles. The highest BCUT2D eigenvalue weighted by atomic mass is 32.1. The molecule has 1 aliphatic heterocycles. The van der Waals surface area contributed by atoms with Crippen LogP contribution in [0.1, 0.15) is 20.8 Å². The molecule has 2 heterocycles. The molecule has 0 N–H and O–H groups in total. The number of carbonyl (C=O) groups excluding carboxylic acids is 2. The first kappa shape index (κ1) is 19.5. The number of ether oxygens (including phenoxy) is 3. The van der Waals surface area contributed by atoms with Gasteiger partial charge in [0.1, 0.15) is 10.7 Å². The van der Waals surface area contributed by atoms with E-state index in [9.17, 15) is 14.0 Å². The third-order valence-electron chi connectivity index (χ3n) is 4.13. The van der Waals surface area contributed by atoms with Crippen LogP contribution in [-0.4, -0.2) is 24.9 Å². The summed E-state index contributed by atoms with van der Waals surface area (Å²) in [5.74, 6) is -0.833. The third-order valence-corrected chi connectivity index (χ3v) is 4.98. The molecule has 0 saturated heterocycles. The minimum Gasteiger partial charge on any atom is -0.493 e. The van der Waals surface area contributed by atoms with Crippen molar-refractivity contribution in [3.05, 3.63) is 87.5 Å². The Morgan fingerprint density at radius 2 is 1.93 bits per heavy atom. The van der Waals surface area contributed by atoms with E-state index in [1.54, 1.807) is 35.7 Å². The van der Waals surface area contributed by atoms with Gasteiger partial charge in [-0.1, -0.05) is 12.1 Å². The lowest BCUT2D eigenvalue weighted by atomic mass is 10.1. The maximum absolute atomic E-state index is 13.1. The fourth-order valence-corrected chi connectivity index (χ4v) is 3.28. The fraction of sp³-hybridized carbons (Fsp3) is 0.0455. The molecule has 0 bridgehead atoms. The first-order valence-corrected chi connectivity index (χ1v) is 9.63. The molecule has 3 aromatic rings. The van der Waals surface area contributed by atoms with Crippen molar-refractivity contribution < 1.29 is 28.2 Å². The Morgan fingerprint density at radius 3 is 2.63 bits per heavy atom. The molecule has 0 radical (unpaired) electrons. The Hall–Kier alpha value is -3.78. The summed E-state index contributed by atoms with van der Waals surface area (Å²) in [4.78, 5) is 29.0. The molecular formula is C22H14FNO5S. The largest absolute Gasteiger partial charge is 0.493 e. The SMILES string of the molecule is COc1cc(/C=C2/N=C(c3ccc(F)cc3)OC2=O)ccc1OC(=O)c1cccs1. The van der Waals surface area contributed by atoms with Crippen LogP contribution in [0.4, 0.5) is 4.39 Å². The fourth-order valence-electron chi connectivity index (χ4n) is 2.69. The number of thiophene rings is 1. The molecule has 0 spiro atoms. The van der Waals surface area contributed by atoms with Crippen LogP contribution >= 0.6 is 11.3 Å². The highest BCUT2D eigenvalue weighted by Crippen LogP contribution is 2.31. The van der Waals surface area contributed by atoms with Gasteiger partial charge in [0.2, 0.25) is 5.90 Å². The number of aliphatic imine (C=N–C) groups is 1. The van der Waals surface area contributed by atoms with Crippen molar-refractivity contribution in [2.45, 2.75) is 0 Å². The highest BCUT2D eigenvalue weighted by Gasteiger charge is 2.24. The van der Waals surface area contributed by atoms with Gasteiger partial charge in [0.05, 0.1) is 7.11 Å². The van der Waals surface area contributed by atoms with E-state index in [1.807, 2.05) is 0 Å². The van der Waals surface area contributed by atoms with Crippen molar-refractivity contribution in [3.63, 3.8) is 0 Å². The molecule has 30 heavy (non-hydrogen) atoms. The summed E-state index contributed by atoms with van der Waals surface area (Å²) in [6, 6.07) is 13.7. The molecule has 0 saturated carbocycles. The van der Waals surface area contributed by atoms with Gasteiger partial charge in [-0.3, -0.25) is 0 Å². The highest BCUT2D eigenvalue weighted by molar-refractivity contribution is 7.12. The van der Waals surface area contributed by atoms with E-state index >= 15 is 0 Å². The summed E-state index contributed by atoms with van der Waals surface area (Å²) in [7, 11) is 1.45. The Kier molecular flexibility index (Phi) is 5.40. The van der Waals surface area contributed by atoms with Gasteiger partial charge in [0.15, 0.2) is 17.2 Å². The van der Waals surface area contributed by atoms with Crippen LogP contribution in [0.5, 0.6) is 11.5 Å². The number of methoxy groups -OCH3 is 1. The molecule has 150 valence electrons. The van der Waals surface area contributed by atoms with E-state index in [0.29, 0.717) is 21.8 Å². The van der Waals surface area contributed by atoms with Crippen LogP contribution < -0.4 is 9.47 Å². The maximum Gasteiger partial charge on any atom is 0.363 e. The summed E-state index contributed by atoms with van der Waals surface area (Å²) in [5, 5.41) is 1.78. The van der Waals surface area contributed by atoms with E-state index < -0.39 is 17.8 Å². The van der Waals surface area contributed by atoms with Crippen molar-refractivity contribution >= 4 is 35.2 Å². The summed E-state index contributed by atoms with van der Waals surface area (Å²) >= 11 is 1.28. The van der Waals surface area contributed by atoms with Crippen LogP contribution in [0, 0.1) is 5.82 Å². The second-order valence-corrected chi connectivity index (χ2v) is 7.07. The topological polar surface area (TPSA) is 74.2 Å². The number of carbonyl (C=O) groups is 2. The molecule has 1 aliphatic rings. The van der Waals surface area contributed by atoms with Gasteiger partial charge in [0.25, 0.3) is 0 Å². The smallest absolute Gasteiger partial charge is 0.363 e. The van der Waals surface area contributed by atoms with Crippen molar-refractivity contribution in [1.82, 2.24) is 0 Å². The number of esters is 2. The van der Waals surface area contributed by atoms with E-state index in [2.05, 4.69) is 4.99 Å². The van der Waals surface area contributed by atoms with E-state index in [4.69, 9.17) is 14.2 Å². The first-order valence-electron chi connectivity index (χ1n) is 8.76. The van der Waals surface area contributed by atoms with Crippen LogP contribution in [0.3, 0.4) is 0 Å². The lowest BCUT2D eigenvalue weighted by Gasteiger charge is -2.09. The average Bonchev–Trinajstić information content (AvgIpc) is 3.40. The van der Waals surface area contributed by atoms with Gasteiger partial charge >= 0.3 is 11.9 Å². The Bertz CT molecular complexity index is 1170. The van der Waals surface area contributed by atoms with Crippen LogP contribution in [-0.2, 0) is 9.53 Å². The van der Waals surface area contributed by atoms with Crippen molar-refractivity contribution in [2.75, 3.05) is 7.11 Å². The quantitative estimate of drug-likeness (QED) is 0.344. The summed E-state index contributed by atoms with van der Waals surface area (Å²) < 4.78 is 28.9. The molecule has 0 atom stereocenters. The van der Waals surface area contributed by atoms with E-state index in [1.165, 1.54) is 48.8 Å². The zero-order valence-corrected chi connectivity index (χ0v) is 16.4. The number of cyclic esters (lactones) is 1. The molecular weight excluding hydrogens is 409 g/mol. The summed E-state index contributed by atoms with van der Waals surface area (Å²) in [6.45, 7) is 0. The Balaban J connectivity index is 1.58. The zero-order valence-electron chi connectivity index (χ0n) is 15.6. The van der Waals surface area contributed by atoms with Gasteiger partial charge in [-0.25, -0.2) is 19.0 Å². The van der Waals surface area contributed by atoms with Crippen LogP contribution in [0.15, 0.2) is 70.7 Å². The van der Waals surface area contributed by atoms with Crippen LogP contribution in [0.2, 0.25) is 0 Å². The van der Waals surface area contributed by atoms with E-state index in [0.717, 1.165) is 0 Å². The van der Waals surface area contributed by atoms with Gasteiger partial charge < -0.3 is 14.2 Å². The molecule has 0 amide bonds. The molecule has 4 rings (SSSR count). The monoisotopic (exact) mass is 423 g/mol. The molecule has 6 nitrogen and oxygen atoms in total. The molecule has 0 unspecified atom stereocenters. The standard InChI is InChI=1S/C22H14FNO5S/c1-27-18-12-13(4-9-17(18)28-22(26)19-3-2-10-30-19)11-16-21(25)29-20(24-16)14-5-7-15(23)8-6-14/h2-12H,1H3/b16-11+. The number of hydrogen-bond donors (Lipinski definition) is 0. The number of nitrogens with zero attached hydrogens (tertiary/aromatic N) is 1. The minimum absolute atomic E-state index is 0.0831. The van der Waals surface area contributed by atoms with Gasteiger partial charge in [0, 0.05) is 5.56 Å². The van der Waals surface area contributed by atoms with Gasteiger partial charge in [-0.2, -0.15) is 0 Å². The average molecular weight is 423 g/mol. The third kappa shape index (κ3) is 4.13. The number of hydrogen-bond acceptors (Lipinski definition) is 7. The molecule has 2 aromatic carbocycles. The Morgan fingerprint density at radius 1 is 1.13 bits per heavy atom. The number of benzene rings is 2. The minimum atomic E-state index is -0.624. The molecule has 0 fully saturated rings. The van der Waals surface area contributed by atoms with Gasteiger partial charge in [-0.15, -0.1) is 11.3 Å². The zero-order chi connectivity index (χ0) is 21.1. The number of rotatable bonds is 5. The second-order valence-electron chi connectivity index (χ2n) is 6.12. The molecule has 1 aromatic heterocycles. The van der Waals surface area contributed by atoms with Crippen molar-refractivity contribution in [1.29, 1.82) is 0 Å². The van der Waals surface area contributed by atoms with Crippen LogP contribution in [0.25, 0.3) is 6.08 Å². The van der Waals surface area contributed by atoms with Crippen molar-refractivity contribution in [2.24, 2.45) is 4.99 Å². The lowest BCUT2D eigenvalue weighted by molar-refractivity contribution is -0.129. The number of halogens is 1. The Labute approximate surface area is 174 Å². The second kappa shape index (κ2) is 8.30. The predicted octanol–water partition coefficient (Wildman–Crippen LogP) is 4.46. The lowest BCUT2D eigenvalue weighted by Crippen LogP contribution is -2.07.